The van der Waals surface area contributed by atoms with Gasteiger partial charge in [0.25, 0.3) is 0 Å². The Labute approximate surface area is 203 Å². The van der Waals surface area contributed by atoms with E-state index < -0.39 is 10.0 Å². The second-order valence-corrected chi connectivity index (χ2v) is 9.56. The van der Waals surface area contributed by atoms with Gasteiger partial charge in [0.2, 0.25) is 10.0 Å². The number of rotatable bonds is 6. The van der Waals surface area contributed by atoms with E-state index in [9.17, 15) is 8.42 Å². The van der Waals surface area contributed by atoms with Crippen molar-refractivity contribution in [3.63, 3.8) is 0 Å². The van der Waals surface area contributed by atoms with E-state index >= 15 is 0 Å². The van der Waals surface area contributed by atoms with Crippen molar-refractivity contribution >= 4 is 45.6 Å². The lowest BCUT2D eigenvalue weighted by molar-refractivity contribution is 0.372. The number of nitrogens with one attached hydrogen (secondary N) is 1. The quantitative estimate of drug-likeness (QED) is 0.336. The molecule has 0 saturated carbocycles. The number of sulfonamides is 1. The Kier molecular flexibility index (Phi) is 9.57. The average molecular weight is 558 g/mol. The lowest BCUT2D eigenvalue weighted by Gasteiger charge is -2.37. The van der Waals surface area contributed by atoms with Crippen LogP contribution in [0.25, 0.3) is 0 Å². The summed E-state index contributed by atoms with van der Waals surface area (Å²) in [6.07, 6.45) is 0. The van der Waals surface area contributed by atoms with Gasteiger partial charge >= 0.3 is 0 Å². The number of hydrogen-bond donors (Lipinski definition) is 1. The summed E-state index contributed by atoms with van der Waals surface area (Å²) in [5, 5.41) is 3.38. The number of anilines is 1. The molecule has 1 fully saturated rings. The third-order valence-electron chi connectivity index (χ3n) is 5.15. The smallest absolute Gasteiger partial charge is 0.242 e. The second-order valence-electron chi connectivity index (χ2n) is 7.41. The monoisotopic (exact) mass is 557 g/mol. The topological polar surface area (TPSA) is 68.2 Å². The minimum atomic E-state index is -3.41. The average Bonchev–Trinajstić information content (AvgIpc) is 2.77. The van der Waals surface area contributed by atoms with Gasteiger partial charge in [-0.15, -0.1) is 24.0 Å². The minimum absolute atomic E-state index is 0. The Bertz CT molecular complexity index is 942. The molecule has 1 N–H and O–H groups in total. The molecular weight excluding hydrogens is 525 g/mol. The maximum absolute atomic E-state index is 12.2. The van der Waals surface area contributed by atoms with Crippen molar-refractivity contribution in [1.82, 2.24) is 14.5 Å². The molecule has 170 valence electrons. The van der Waals surface area contributed by atoms with Crippen LogP contribution in [0.4, 0.5) is 5.69 Å². The van der Waals surface area contributed by atoms with Gasteiger partial charge in [-0.1, -0.05) is 30.3 Å². The summed E-state index contributed by atoms with van der Waals surface area (Å²) in [7, 11) is -0.336. The van der Waals surface area contributed by atoms with Crippen LogP contribution in [0.5, 0.6) is 0 Å². The van der Waals surface area contributed by atoms with Crippen LogP contribution in [0.15, 0.2) is 64.5 Å². The maximum atomic E-state index is 12.2. The van der Waals surface area contributed by atoms with Crippen molar-refractivity contribution in [1.29, 1.82) is 0 Å². The molecular formula is C22H32IN5O2S. The molecule has 0 atom stereocenters. The van der Waals surface area contributed by atoms with E-state index in [0.717, 1.165) is 44.2 Å². The van der Waals surface area contributed by atoms with Crippen LogP contribution < -0.4 is 10.2 Å². The standard InChI is InChI=1S/C22H31N5O2S.HI/c1-4-23-22(27-16-14-26(15-17-27)20-8-6-5-7-9-20)24-18-19-10-12-21(13-11-19)30(28,29)25(2)3;/h5-13H,4,14-18H2,1-3H3,(H,23,24);1H. The lowest BCUT2D eigenvalue weighted by atomic mass is 10.2. The highest BCUT2D eigenvalue weighted by atomic mass is 127. The summed E-state index contributed by atoms with van der Waals surface area (Å²) in [6.45, 7) is 7.08. The molecule has 3 rings (SSSR count). The van der Waals surface area contributed by atoms with Gasteiger partial charge in [-0.2, -0.15) is 0 Å². The van der Waals surface area contributed by atoms with Crippen LogP contribution in [0, 0.1) is 0 Å². The lowest BCUT2D eigenvalue weighted by Crippen LogP contribution is -2.52. The molecule has 0 bridgehead atoms. The molecule has 0 aromatic heterocycles. The fourth-order valence-corrected chi connectivity index (χ4v) is 4.29. The van der Waals surface area contributed by atoms with E-state index in [2.05, 4.69) is 46.3 Å². The molecule has 0 spiro atoms. The SMILES string of the molecule is CCNC(=NCc1ccc(S(=O)(=O)N(C)C)cc1)N1CCN(c2ccccc2)CC1.I. The molecule has 9 heteroatoms. The Hall–Kier alpha value is -1.85. The van der Waals surface area contributed by atoms with Crippen LogP contribution in [-0.2, 0) is 16.6 Å². The van der Waals surface area contributed by atoms with Gasteiger partial charge in [0.15, 0.2) is 5.96 Å². The van der Waals surface area contributed by atoms with Crippen molar-refractivity contribution in [2.75, 3.05) is 51.7 Å². The van der Waals surface area contributed by atoms with E-state index in [-0.39, 0.29) is 24.0 Å². The van der Waals surface area contributed by atoms with Gasteiger partial charge in [-0.25, -0.2) is 17.7 Å². The Morgan fingerprint density at radius 2 is 1.61 bits per heavy atom. The zero-order valence-corrected chi connectivity index (χ0v) is 21.5. The summed E-state index contributed by atoms with van der Waals surface area (Å²) in [6, 6.07) is 17.4. The number of piperazine rings is 1. The first-order valence-electron chi connectivity index (χ1n) is 10.3. The minimum Gasteiger partial charge on any atom is -0.368 e. The van der Waals surface area contributed by atoms with E-state index in [1.54, 1.807) is 12.1 Å². The zero-order valence-electron chi connectivity index (χ0n) is 18.4. The largest absolute Gasteiger partial charge is 0.368 e. The molecule has 1 heterocycles. The van der Waals surface area contributed by atoms with E-state index in [0.29, 0.717) is 11.4 Å². The Morgan fingerprint density at radius 3 is 2.16 bits per heavy atom. The molecule has 1 aliphatic rings. The number of para-hydroxylation sites is 1. The fraction of sp³-hybridized carbons (Fsp3) is 0.409. The van der Waals surface area contributed by atoms with E-state index in [4.69, 9.17) is 4.99 Å². The molecule has 0 amide bonds. The highest BCUT2D eigenvalue weighted by Gasteiger charge is 2.20. The zero-order chi connectivity index (χ0) is 21.6. The van der Waals surface area contributed by atoms with E-state index in [1.807, 2.05) is 18.2 Å². The summed E-state index contributed by atoms with van der Waals surface area (Å²) in [4.78, 5) is 9.76. The summed E-state index contributed by atoms with van der Waals surface area (Å²) in [5.74, 6) is 0.898. The van der Waals surface area contributed by atoms with Crippen LogP contribution in [0.3, 0.4) is 0 Å². The molecule has 31 heavy (non-hydrogen) atoms. The van der Waals surface area contributed by atoms with Gasteiger partial charge < -0.3 is 15.1 Å². The molecule has 0 aliphatic carbocycles. The summed E-state index contributed by atoms with van der Waals surface area (Å²) in [5.41, 5.74) is 2.23. The van der Waals surface area contributed by atoms with Gasteiger partial charge in [-0.3, -0.25) is 0 Å². The van der Waals surface area contributed by atoms with Crippen molar-refractivity contribution in [3.05, 3.63) is 60.2 Å². The maximum Gasteiger partial charge on any atom is 0.242 e. The van der Waals surface area contributed by atoms with Gasteiger partial charge in [-0.05, 0) is 36.8 Å². The highest BCUT2D eigenvalue weighted by molar-refractivity contribution is 14.0. The van der Waals surface area contributed by atoms with Gasteiger partial charge in [0.1, 0.15) is 0 Å². The first-order chi connectivity index (χ1) is 14.4. The number of guanidine groups is 1. The van der Waals surface area contributed by atoms with Crippen LogP contribution >= 0.6 is 24.0 Å². The van der Waals surface area contributed by atoms with Gasteiger partial charge in [0.05, 0.1) is 11.4 Å². The fourth-order valence-electron chi connectivity index (χ4n) is 3.38. The number of benzene rings is 2. The first kappa shape index (κ1) is 25.4. The Balaban J connectivity index is 0.00000341. The summed E-state index contributed by atoms with van der Waals surface area (Å²) < 4.78 is 25.6. The predicted molar refractivity (Wildman–Crippen MR) is 138 cm³/mol. The summed E-state index contributed by atoms with van der Waals surface area (Å²) >= 11 is 0. The molecule has 0 unspecified atom stereocenters. The van der Waals surface area contributed by atoms with Crippen LogP contribution in [0.2, 0.25) is 0 Å². The van der Waals surface area contributed by atoms with Crippen LogP contribution in [0.1, 0.15) is 12.5 Å². The molecule has 2 aromatic rings. The molecule has 0 radical (unpaired) electrons. The van der Waals surface area contributed by atoms with Gasteiger partial charge in [0, 0.05) is 52.5 Å². The first-order valence-corrected chi connectivity index (χ1v) is 11.7. The number of halogens is 1. The van der Waals surface area contributed by atoms with Crippen molar-refractivity contribution in [3.8, 4) is 0 Å². The van der Waals surface area contributed by atoms with Crippen molar-refractivity contribution in [2.45, 2.75) is 18.4 Å². The van der Waals surface area contributed by atoms with E-state index in [1.165, 1.54) is 24.1 Å². The third kappa shape index (κ3) is 6.56. The molecule has 2 aromatic carbocycles. The molecule has 1 aliphatic heterocycles. The number of hydrogen-bond acceptors (Lipinski definition) is 4. The Morgan fingerprint density at radius 1 is 1.00 bits per heavy atom. The second kappa shape index (κ2) is 11.7. The highest BCUT2D eigenvalue weighted by Crippen LogP contribution is 2.17. The molecule has 1 saturated heterocycles. The predicted octanol–water partition coefficient (Wildman–Crippen LogP) is 2.84. The number of nitrogens with zero attached hydrogens (tertiary/aromatic N) is 4. The normalized spacial score (nSPS) is 15.0. The third-order valence-corrected chi connectivity index (χ3v) is 6.98. The number of aliphatic imine (C=N–C) groups is 1. The van der Waals surface area contributed by atoms with Crippen molar-refractivity contribution in [2.24, 2.45) is 4.99 Å². The molecule has 7 nitrogen and oxygen atoms in total. The van der Waals surface area contributed by atoms with Crippen molar-refractivity contribution < 1.29 is 8.42 Å². The van der Waals surface area contributed by atoms with Crippen LogP contribution in [-0.4, -0.2) is 70.4 Å².